The zero-order chi connectivity index (χ0) is 87.4. The van der Waals surface area contributed by atoms with Crippen LogP contribution in [0.3, 0.4) is 0 Å². The third-order valence-corrected chi connectivity index (χ3v) is 29.7. The Morgan fingerprint density at radius 3 is 1.29 bits per heavy atom. The standard InChI is InChI=1S/C46H35N.C45H42.C34H20O3/c1-45(2)38-13-7-9-15-40(38)47(41-16-10-8-14-39(41)45)31-22-17-28(18-23-31)32-24-19-29-20-26-35-43-30(21-25-34(32)42(29)43)27-36-33-11-5-6-12-37(33)46(3,4)44(35)36;1-9-45(10-2)39-14-12-11-13-32(39)38-23-31-15-16-33-36(40-27(5)19-25(3)20-28(40)6)24-37(41-29(7)21-26(4)22-30(41)8)34-17-18-35(44(38)45)42(31)43(33)34;1-3-9-22(10-4-1)35-30-20-31(36-23-11-5-2-6-12-23)26-17-18-27-32-21(15-16-25(30)33(26)32)19-28-24-13-7-8-14-29(24)37-34(27)28/h5-27H,1-4H3;11-24H,9-10H2,1-8H3;1-20H. The molecule has 620 valence electrons. The molecule has 0 N–H and O–H groups in total. The van der Waals surface area contributed by atoms with Crippen LogP contribution in [-0.4, -0.2) is 0 Å². The lowest BCUT2D eigenvalue weighted by atomic mass is 9.71. The highest BCUT2D eigenvalue weighted by molar-refractivity contribution is 6.34. The Morgan fingerprint density at radius 1 is 0.279 bits per heavy atom. The number of furan rings is 1. The van der Waals surface area contributed by atoms with E-state index in [1.807, 2.05) is 78.9 Å². The molecule has 0 radical (unpaired) electrons. The van der Waals surface area contributed by atoms with Gasteiger partial charge in [0.1, 0.15) is 34.2 Å². The Bertz CT molecular complexity index is 8340. The molecule has 4 nitrogen and oxygen atoms in total. The number of hydrogen-bond donors (Lipinski definition) is 0. The minimum atomic E-state index is -0.0660. The molecule has 3 aliphatic rings. The van der Waals surface area contributed by atoms with Gasteiger partial charge in [-0.3, -0.25) is 0 Å². The number of ether oxygens (including phenoxy) is 2. The normalized spacial score (nSPS) is 13.8. The summed E-state index contributed by atoms with van der Waals surface area (Å²) in [7, 11) is 0. The summed E-state index contributed by atoms with van der Waals surface area (Å²) in [5.74, 6) is 3.07. The van der Waals surface area contributed by atoms with Gasteiger partial charge >= 0.3 is 0 Å². The maximum Gasteiger partial charge on any atom is 0.143 e. The maximum atomic E-state index is 6.45. The van der Waals surface area contributed by atoms with E-state index < -0.39 is 0 Å². The van der Waals surface area contributed by atoms with Crippen molar-refractivity contribution >= 4 is 136 Å². The maximum absolute atomic E-state index is 6.45. The fourth-order valence-corrected chi connectivity index (χ4v) is 24.2. The van der Waals surface area contributed by atoms with Gasteiger partial charge in [0.25, 0.3) is 0 Å². The number of nitrogens with zero attached hydrogens (tertiary/aromatic N) is 1. The summed E-state index contributed by atoms with van der Waals surface area (Å²) in [6.07, 6.45) is 2.19. The second-order valence-corrected chi connectivity index (χ2v) is 37.7. The highest BCUT2D eigenvalue weighted by atomic mass is 16.5. The molecule has 0 saturated heterocycles. The number of benzene rings is 22. The first-order valence-electron chi connectivity index (χ1n) is 45.9. The molecule has 0 fully saturated rings. The Labute approximate surface area is 752 Å². The van der Waals surface area contributed by atoms with Crippen molar-refractivity contribution in [2.45, 2.75) is 112 Å². The quantitative estimate of drug-likeness (QED) is 0.128. The summed E-state index contributed by atoms with van der Waals surface area (Å²) in [4.78, 5) is 2.43. The second-order valence-electron chi connectivity index (χ2n) is 37.7. The smallest absolute Gasteiger partial charge is 0.143 e. The van der Waals surface area contributed by atoms with Crippen molar-refractivity contribution in [2.75, 3.05) is 4.90 Å². The highest BCUT2D eigenvalue weighted by Gasteiger charge is 2.44. The van der Waals surface area contributed by atoms with Crippen LogP contribution in [0.1, 0.15) is 121 Å². The third kappa shape index (κ3) is 11.6. The van der Waals surface area contributed by atoms with Gasteiger partial charge in [0.2, 0.25) is 0 Å². The van der Waals surface area contributed by atoms with Crippen LogP contribution < -0.4 is 14.4 Å². The van der Waals surface area contributed by atoms with Gasteiger partial charge in [-0.25, -0.2) is 0 Å². The number of fused-ring (bicyclic) bond motifs is 14. The number of para-hydroxylation sites is 5. The summed E-state index contributed by atoms with van der Waals surface area (Å²) in [6, 6.07) is 127. The van der Waals surface area contributed by atoms with Crippen LogP contribution in [0.25, 0.3) is 175 Å². The van der Waals surface area contributed by atoms with E-state index in [-0.39, 0.29) is 16.2 Å². The molecule has 2 heterocycles. The highest BCUT2D eigenvalue weighted by Crippen LogP contribution is 2.61. The predicted molar refractivity (Wildman–Crippen MR) is 547 cm³/mol. The van der Waals surface area contributed by atoms with Crippen molar-refractivity contribution in [1.82, 2.24) is 0 Å². The van der Waals surface area contributed by atoms with Gasteiger partial charge in [-0.05, 0) is 333 Å². The van der Waals surface area contributed by atoms with Crippen LogP contribution in [0.15, 0.2) is 350 Å². The average molecular weight is 1660 g/mol. The van der Waals surface area contributed by atoms with Crippen molar-refractivity contribution in [3.8, 4) is 78.6 Å². The molecule has 0 saturated carbocycles. The topological polar surface area (TPSA) is 34.8 Å². The van der Waals surface area contributed by atoms with Gasteiger partial charge < -0.3 is 18.8 Å². The largest absolute Gasteiger partial charge is 0.457 e. The Balaban J connectivity index is 0.000000108. The molecule has 0 amide bonds. The molecule has 0 spiro atoms. The van der Waals surface area contributed by atoms with E-state index >= 15 is 0 Å². The number of hydrogen-bond acceptors (Lipinski definition) is 4. The summed E-state index contributed by atoms with van der Waals surface area (Å²) in [5, 5.41) is 25.3. The zero-order valence-corrected chi connectivity index (χ0v) is 75.0. The van der Waals surface area contributed by atoms with Crippen LogP contribution >= 0.6 is 0 Å². The molecule has 0 atom stereocenters. The van der Waals surface area contributed by atoms with Crippen molar-refractivity contribution in [2.24, 2.45) is 0 Å². The number of anilines is 3. The lowest BCUT2D eigenvalue weighted by Crippen LogP contribution is -2.30. The van der Waals surface area contributed by atoms with Crippen molar-refractivity contribution in [1.29, 1.82) is 0 Å². The second kappa shape index (κ2) is 29.1. The first kappa shape index (κ1) is 77.7. The molecule has 1 aromatic heterocycles. The van der Waals surface area contributed by atoms with E-state index in [0.29, 0.717) is 0 Å². The Hall–Kier alpha value is -14.8. The molecule has 1 aliphatic heterocycles. The van der Waals surface area contributed by atoms with Crippen molar-refractivity contribution in [3.05, 3.63) is 413 Å². The molecule has 4 heteroatoms. The minimum absolute atomic E-state index is 0.0220. The monoisotopic (exact) mass is 1660 g/mol. The summed E-state index contributed by atoms with van der Waals surface area (Å²) < 4.78 is 19.3. The Kier molecular flexibility index (Phi) is 17.5. The van der Waals surface area contributed by atoms with Crippen LogP contribution in [-0.2, 0) is 16.2 Å². The van der Waals surface area contributed by atoms with Crippen molar-refractivity contribution in [3.63, 3.8) is 0 Å². The molecule has 23 aromatic rings. The fourth-order valence-electron chi connectivity index (χ4n) is 24.2. The average Bonchev–Trinajstić information content (AvgIpc) is 1.58. The van der Waals surface area contributed by atoms with Gasteiger partial charge in [0, 0.05) is 65.7 Å². The van der Waals surface area contributed by atoms with E-state index in [0.717, 1.165) is 90.1 Å². The van der Waals surface area contributed by atoms with E-state index in [1.165, 1.54) is 204 Å². The van der Waals surface area contributed by atoms with Gasteiger partial charge in [0.15, 0.2) is 0 Å². The first-order chi connectivity index (χ1) is 62.8. The van der Waals surface area contributed by atoms with Crippen LogP contribution in [0, 0.1) is 41.5 Å². The van der Waals surface area contributed by atoms with E-state index in [4.69, 9.17) is 13.9 Å². The zero-order valence-electron chi connectivity index (χ0n) is 75.0. The molecule has 26 rings (SSSR count). The van der Waals surface area contributed by atoms with E-state index in [1.54, 1.807) is 0 Å². The molecule has 129 heavy (non-hydrogen) atoms. The van der Waals surface area contributed by atoms with Crippen LogP contribution in [0.4, 0.5) is 17.1 Å². The Morgan fingerprint density at radius 2 is 0.698 bits per heavy atom. The van der Waals surface area contributed by atoms with Crippen LogP contribution in [0.2, 0.25) is 0 Å². The predicted octanol–water partition coefficient (Wildman–Crippen LogP) is 35.6. The van der Waals surface area contributed by atoms with Gasteiger partial charge in [-0.1, -0.05) is 295 Å². The van der Waals surface area contributed by atoms with Gasteiger partial charge in [-0.2, -0.15) is 0 Å². The SMILES string of the molecule is CC1(C)c2ccccc2N(c2ccc(-c3ccc4ccc5c6c(cc7ccc3c4c75)-c3ccccc3C6(C)C)cc2)c2ccccc21.CCC1(CC)c2ccccc2-c2cc3ccc4c(-c5c(C)cc(C)cc5C)cc(-c5c(C)cc(C)cc5C)c5ccc(c21)c3c45.c1ccc(Oc2cc(Oc3ccccc3)c3ccc4c5oc6ccccc6c5cc5ccc2c3c54)cc1. The van der Waals surface area contributed by atoms with E-state index in [2.05, 4.69) is 355 Å². The van der Waals surface area contributed by atoms with Gasteiger partial charge in [0.05, 0.1) is 11.4 Å². The number of rotatable bonds is 10. The lowest BCUT2D eigenvalue weighted by Gasteiger charge is -2.42. The molecule has 22 aromatic carbocycles. The molecular weight excluding hydrogens is 1560 g/mol. The molecular formula is C125H97NO3. The first-order valence-corrected chi connectivity index (χ1v) is 45.9. The summed E-state index contributed by atoms with van der Waals surface area (Å²) in [6.45, 7) is 27.8. The molecule has 0 bridgehead atoms. The minimum Gasteiger partial charge on any atom is -0.457 e. The summed E-state index contributed by atoms with van der Waals surface area (Å²) >= 11 is 0. The summed E-state index contributed by atoms with van der Waals surface area (Å²) in [5.41, 5.74) is 35.6. The van der Waals surface area contributed by atoms with Crippen molar-refractivity contribution < 1.29 is 13.9 Å². The molecule has 2 aliphatic carbocycles. The van der Waals surface area contributed by atoms with Gasteiger partial charge in [-0.15, -0.1) is 0 Å². The lowest BCUT2D eigenvalue weighted by molar-refractivity contribution is 0.467. The van der Waals surface area contributed by atoms with E-state index in [9.17, 15) is 0 Å². The third-order valence-electron chi connectivity index (χ3n) is 29.7. The van der Waals surface area contributed by atoms with Crippen LogP contribution in [0.5, 0.6) is 23.0 Å². The number of aryl methyl sites for hydroxylation is 6. The fraction of sp³-hybridized carbons (Fsp3) is 0.136. The molecule has 0 unspecified atom stereocenters.